The monoisotopic (exact) mass is 239 g/mol. The zero-order valence-corrected chi connectivity index (χ0v) is 12.3. The minimum atomic E-state index is 0.363. The van der Waals surface area contributed by atoms with Gasteiger partial charge < -0.3 is 10.0 Å². The molecule has 2 nitrogen and oxygen atoms in total. The number of benzene rings is 1. The second-order valence-corrected chi connectivity index (χ2v) is 3.58. The minimum absolute atomic E-state index is 0.363. The Hall–Kier alpha value is -1.02. The molecule has 17 heavy (non-hydrogen) atoms. The lowest BCUT2D eigenvalue weighted by Gasteiger charge is -2.08. The van der Waals surface area contributed by atoms with Crippen LogP contribution >= 0.6 is 0 Å². The third kappa shape index (κ3) is 11.2. The minimum Gasteiger partial charge on any atom is -0.508 e. The molecule has 0 saturated carbocycles. The summed E-state index contributed by atoms with van der Waals surface area (Å²) in [5, 5.41) is 9.21. The number of aryl methyl sites for hydroxylation is 1. The molecule has 0 fully saturated rings. The molecular formula is C15H29NO. The van der Waals surface area contributed by atoms with Crippen molar-refractivity contribution in [1.29, 1.82) is 0 Å². The van der Waals surface area contributed by atoms with Gasteiger partial charge in [-0.05, 0) is 51.2 Å². The predicted octanol–water partition coefficient (Wildman–Crippen LogP) is 3.94. The van der Waals surface area contributed by atoms with Crippen molar-refractivity contribution in [3.63, 3.8) is 0 Å². The van der Waals surface area contributed by atoms with E-state index in [0.717, 1.165) is 19.4 Å². The number of phenolic OH excluding ortho intramolecular Hbond substituents is 1. The fourth-order valence-electron chi connectivity index (χ4n) is 1.31. The number of hydrogen-bond acceptors (Lipinski definition) is 2. The average molecular weight is 239 g/mol. The lowest BCUT2D eigenvalue weighted by atomic mass is 10.1. The molecule has 0 unspecified atom stereocenters. The maximum atomic E-state index is 9.21. The second-order valence-electron chi connectivity index (χ2n) is 3.58. The Balaban J connectivity index is 0. The third-order valence-corrected chi connectivity index (χ3v) is 1.98. The summed E-state index contributed by atoms with van der Waals surface area (Å²) in [6, 6.07) is 7.47. The van der Waals surface area contributed by atoms with Crippen LogP contribution in [0.1, 0.15) is 39.7 Å². The van der Waals surface area contributed by atoms with Gasteiger partial charge in [-0.15, -0.1) is 0 Å². The lowest BCUT2D eigenvalue weighted by molar-refractivity contribution is 0.400. The zero-order valence-electron chi connectivity index (χ0n) is 12.3. The van der Waals surface area contributed by atoms with E-state index in [2.05, 4.69) is 25.1 Å². The van der Waals surface area contributed by atoms with Gasteiger partial charge in [0.15, 0.2) is 0 Å². The molecule has 0 aliphatic carbocycles. The normalized spacial score (nSPS) is 8.88. The molecule has 100 valence electrons. The number of aromatic hydroxyl groups is 1. The molecule has 0 heterocycles. The SMILES string of the molecule is CC.CC.CN(C)CCCc1cccc(O)c1. The Bertz CT molecular complexity index is 259. The quantitative estimate of drug-likeness (QED) is 0.860. The van der Waals surface area contributed by atoms with Crippen molar-refractivity contribution >= 4 is 0 Å². The molecule has 1 aromatic carbocycles. The Morgan fingerprint density at radius 1 is 1.06 bits per heavy atom. The van der Waals surface area contributed by atoms with Gasteiger partial charge in [0.1, 0.15) is 5.75 Å². The average Bonchev–Trinajstić information content (AvgIpc) is 2.34. The number of phenols is 1. The van der Waals surface area contributed by atoms with E-state index in [1.165, 1.54) is 5.56 Å². The standard InChI is InChI=1S/C11H17NO.2C2H6/c1-12(2)8-4-6-10-5-3-7-11(13)9-10;2*1-2/h3,5,7,9,13H,4,6,8H2,1-2H3;2*1-2H3. The summed E-state index contributed by atoms with van der Waals surface area (Å²) in [6.07, 6.45) is 2.17. The van der Waals surface area contributed by atoms with Crippen LogP contribution in [-0.2, 0) is 6.42 Å². The highest BCUT2D eigenvalue weighted by Crippen LogP contribution is 2.12. The lowest BCUT2D eigenvalue weighted by Crippen LogP contribution is -2.13. The van der Waals surface area contributed by atoms with E-state index >= 15 is 0 Å². The van der Waals surface area contributed by atoms with Crippen LogP contribution in [0.5, 0.6) is 5.75 Å². The maximum Gasteiger partial charge on any atom is 0.115 e. The summed E-state index contributed by atoms with van der Waals surface area (Å²) >= 11 is 0. The zero-order chi connectivity index (χ0) is 13.7. The van der Waals surface area contributed by atoms with Crippen molar-refractivity contribution in [2.45, 2.75) is 40.5 Å². The van der Waals surface area contributed by atoms with Gasteiger partial charge >= 0.3 is 0 Å². The predicted molar refractivity (Wildman–Crippen MR) is 77.7 cm³/mol. The molecule has 1 N–H and O–H groups in total. The second kappa shape index (κ2) is 13.0. The van der Waals surface area contributed by atoms with Gasteiger partial charge in [-0.25, -0.2) is 0 Å². The van der Waals surface area contributed by atoms with Gasteiger partial charge in [0.25, 0.3) is 0 Å². The van der Waals surface area contributed by atoms with Crippen LogP contribution in [0.25, 0.3) is 0 Å². The molecule has 0 aliphatic rings. The molecule has 0 amide bonds. The molecule has 0 radical (unpaired) electrons. The summed E-state index contributed by atoms with van der Waals surface area (Å²) in [5.74, 6) is 0.363. The van der Waals surface area contributed by atoms with Gasteiger partial charge in [0.2, 0.25) is 0 Å². The van der Waals surface area contributed by atoms with Crippen LogP contribution in [0.15, 0.2) is 24.3 Å². The van der Waals surface area contributed by atoms with Crippen molar-refractivity contribution in [3.05, 3.63) is 29.8 Å². The van der Waals surface area contributed by atoms with Crippen LogP contribution in [0.2, 0.25) is 0 Å². The molecule has 0 aliphatic heterocycles. The van der Waals surface area contributed by atoms with E-state index in [-0.39, 0.29) is 0 Å². The van der Waals surface area contributed by atoms with Gasteiger partial charge in [-0.3, -0.25) is 0 Å². The van der Waals surface area contributed by atoms with Crippen LogP contribution in [-0.4, -0.2) is 30.6 Å². The fourth-order valence-corrected chi connectivity index (χ4v) is 1.31. The molecule has 0 bridgehead atoms. The Labute approximate surface area is 107 Å². The van der Waals surface area contributed by atoms with Gasteiger partial charge in [0.05, 0.1) is 0 Å². The van der Waals surface area contributed by atoms with Crippen LogP contribution in [0.4, 0.5) is 0 Å². The fraction of sp³-hybridized carbons (Fsp3) is 0.600. The summed E-state index contributed by atoms with van der Waals surface area (Å²) in [6.45, 7) is 9.09. The molecule has 0 spiro atoms. The van der Waals surface area contributed by atoms with Crippen LogP contribution in [0.3, 0.4) is 0 Å². The van der Waals surface area contributed by atoms with E-state index in [1.54, 1.807) is 6.07 Å². The van der Waals surface area contributed by atoms with Crippen LogP contribution in [0, 0.1) is 0 Å². The molecule has 0 saturated heterocycles. The van der Waals surface area contributed by atoms with Crippen molar-refractivity contribution < 1.29 is 5.11 Å². The van der Waals surface area contributed by atoms with Crippen molar-refractivity contribution in [1.82, 2.24) is 4.90 Å². The van der Waals surface area contributed by atoms with Crippen molar-refractivity contribution in [3.8, 4) is 5.75 Å². The first-order valence-corrected chi connectivity index (χ1v) is 6.61. The molecule has 1 rings (SSSR count). The Morgan fingerprint density at radius 2 is 1.65 bits per heavy atom. The van der Waals surface area contributed by atoms with E-state index in [9.17, 15) is 5.11 Å². The Morgan fingerprint density at radius 3 is 2.12 bits per heavy atom. The number of rotatable bonds is 4. The highest BCUT2D eigenvalue weighted by Gasteiger charge is 1.95. The van der Waals surface area contributed by atoms with E-state index in [0.29, 0.717) is 5.75 Å². The Kier molecular flexibility index (Phi) is 14.1. The first-order valence-electron chi connectivity index (χ1n) is 6.61. The van der Waals surface area contributed by atoms with Crippen LogP contribution < -0.4 is 0 Å². The van der Waals surface area contributed by atoms with Gasteiger partial charge in [-0.1, -0.05) is 39.8 Å². The third-order valence-electron chi connectivity index (χ3n) is 1.98. The van der Waals surface area contributed by atoms with Gasteiger partial charge in [-0.2, -0.15) is 0 Å². The highest BCUT2D eigenvalue weighted by molar-refractivity contribution is 5.27. The largest absolute Gasteiger partial charge is 0.508 e. The smallest absolute Gasteiger partial charge is 0.115 e. The first kappa shape index (κ1) is 18.3. The highest BCUT2D eigenvalue weighted by atomic mass is 16.3. The van der Waals surface area contributed by atoms with Gasteiger partial charge in [0, 0.05) is 0 Å². The number of hydrogen-bond donors (Lipinski definition) is 1. The summed E-state index contributed by atoms with van der Waals surface area (Å²) < 4.78 is 0. The first-order chi connectivity index (χ1) is 8.18. The molecular weight excluding hydrogens is 210 g/mol. The summed E-state index contributed by atoms with van der Waals surface area (Å²) in [7, 11) is 4.14. The van der Waals surface area contributed by atoms with Crippen molar-refractivity contribution in [2.24, 2.45) is 0 Å². The summed E-state index contributed by atoms with van der Waals surface area (Å²) in [5.41, 5.74) is 1.21. The van der Waals surface area contributed by atoms with E-state index in [4.69, 9.17) is 0 Å². The molecule has 0 aromatic heterocycles. The molecule has 1 aromatic rings. The van der Waals surface area contributed by atoms with E-state index in [1.807, 2.05) is 39.8 Å². The van der Waals surface area contributed by atoms with Crippen molar-refractivity contribution in [2.75, 3.05) is 20.6 Å². The molecule has 2 heteroatoms. The number of nitrogens with zero attached hydrogens (tertiary/aromatic N) is 1. The summed E-state index contributed by atoms with van der Waals surface area (Å²) in [4.78, 5) is 2.17. The molecule has 0 atom stereocenters. The topological polar surface area (TPSA) is 23.5 Å². The maximum absolute atomic E-state index is 9.21. The van der Waals surface area contributed by atoms with E-state index < -0.39 is 0 Å².